The Hall–Kier alpha value is -2.83. The van der Waals surface area contributed by atoms with Gasteiger partial charge in [-0.05, 0) is 29.8 Å². The van der Waals surface area contributed by atoms with E-state index in [9.17, 15) is 18.0 Å². The first-order valence-corrected chi connectivity index (χ1v) is 7.10. The normalized spacial score (nSPS) is 11.7. The lowest BCUT2D eigenvalue weighted by Crippen LogP contribution is -2.15. The molecular formula is C17H13F3N2O2. The minimum absolute atomic E-state index is 0.0554. The average molecular weight is 334 g/mol. The van der Waals surface area contributed by atoms with Crippen LogP contribution in [0.25, 0.3) is 11.0 Å². The highest BCUT2D eigenvalue weighted by atomic mass is 19.4. The second-order valence-electron chi connectivity index (χ2n) is 5.20. The summed E-state index contributed by atoms with van der Waals surface area (Å²) in [5, 5.41) is 0. The maximum atomic E-state index is 13.3. The number of hydrogen-bond acceptors (Lipinski definition) is 3. The maximum Gasteiger partial charge on any atom is 0.449 e. The van der Waals surface area contributed by atoms with Crippen LogP contribution in [-0.2, 0) is 17.5 Å². The van der Waals surface area contributed by atoms with Crippen LogP contribution >= 0.6 is 0 Å². The van der Waals surface area contributed by atoms with Crippen LogP contribution in [0.15, 0.2) is 48.5 Å². The van der Waals surface area contributed by atoms with E-state index in [1.165, 1.54) is 19.2 Å². The zero-order chi connectivity index (χ0) is 17.3. The number of aromatic nitrogens is 2. The molecule has 0 bridgehead atoms. The summed E-state index contributed by atoms with van der Waals surface area (Å²) in [5.41, 5.74) is 1.49. The molecule has 0 spiro atoms. The van der Waals surface area contributed by atoms with E-state index in [2.05, 4.69) is 9.72 Å². The van der Waals surface area contributed by atoms with Gasteiger partial charge in [0.05, 0.1) is 23.7 Å². The van der Waals surface area contributed by atoms with Crippen molar-refractivity contribution in [3.8, 4) is 0 Å². The quantitative estimate of drug-likeness (QED) is 0.683. The standard InChI is InChI=1S/C17H13F3N2O2/c1-24-15(23)12-6-4-5-11(9-12)10-22-14-8-3-2-7-13(14)21-16(22)17(18,19)20/h2-9H,10H2,1H3. The van der Waals surface area contributed by atoms with Crippen molar-refractivity contribution < 1.29 is 22.7 Å². The monoisotopic (exact) mass is 334 g/mol. The van der Waals surface area contributed by atoms with E-state index < -0.39 is 18.0 Å². The Balaban J connectivity index is 2.08. The molecule has 0 aliphatic heterocycles. The number of carbonyl (C=O) groups excluding carboxylic acids is 1. The minimum atomic E-state index is -4.57. The topological polar surface area (TPSA) is 44.1 Å². The SMILES string of the molecule is COC(=O)c1cccc(Cn2c(C(F)(F)F)nc3ccccc32)c1. The molecule has 3 aromatic rings. The van der Waals surface area contributed by atoms with E-state index in [1.807, 2.05) is 0 Å². The van der Waals surface area contributed by atoms with Crippen LogP contribution in [0.4, 0.5) is 13.2 Å². The van der Waals surface area contributed by atoms with E-state index in [4.69, 9.17) is 0 Å². The Morgan fingerprint density at radius 2 is 1.92 bits per heavy atom. The largest absolute Gasteiger partial charge is 0.465 e. The molecule has 0 unspecified atom stereocenters. The zero-order valence-electron chi connectivity index (χ0n) is 12.7. The molecule has 4 nitrogen and oxygen atoms in total. The number of alkyl halides is 3. The molecule has 124 valence electrons. The molecule has 2 aromatic carbocycles. The summed E-state index contributed by atoms with van der Waals surface area (Å²) in [6.45, 7) is -0.0554. The number of hydrogen-bond donors (Lipinski definition) is 0. The van der Waals surface area contributed by atoms with E-state index >= 15 is 0 Å². The summed E-state index contributed by atoms with van der Waals surface area (Å²) >= 11 is 0. The predicted octanol–water partition coefficient (Wildman–Crippen LogP) is 3.89. The molecule has 0 atom stereocenters. The molecular weight excluding hydrogens is 321 g/mol. The van der Waals surface area contributed by atoms with Crippen LogP contribution in [0.1, 0.15) is 21.7 Å². The molecule has 7 heteroatoms. The van der Waals surface area contributed by atoms with E-state index in [0.29, 0.717) is 11.1 Å². The highest BCUT2D eigenvalue weighted by molar-refractivity contribution is 5.89. The number of rotatable bonds is 3. The van der Waals surface area contributed by atoms with Crippen LogP contribution in [0.2, 0.25) is 0 Å². The van der Waals surface area contributed by atoms with Gasteiger partial charge in [-0.15, -0.1) is 0 Å². The Morgan fingerprint density at radius 3 is 2.62 bits per heavy atom. The van der Waals surface area contributed by atoms with Gasteiger partial charge in [0.15, 0.2) is 0 Å². The van der Waals surface area contributed by atoms with Gasteiger partial charge >= 0.3 is 12.1 Å². The molecule has 3 rings (SSSR count). The molecule has 0 N–H and O–H groups in total. The summed E-state index contributed by atoms with van der Waals surface area (Å²) in [7, 11) is 1.25. The number of carbonyl (C=O) groups is 1. The molecule has 0 aliphatic carbocycles. The second kappa shape index (κ2) is 5.99. The number of nitrogens with zero attached hydrogens (tertiary/aromatic N) is 2. The number of esters is 1. The van der Waals surface area contributed by atoms with Gasteiger partial charge in [0, 0.05) is 6.54 Å². The number of ether oxygens (including phenoxy) is 1. The van der Waals surface area contributed by atoms with Crippen molar-refractivity contribution in [3.63, 3.8) is 0 Å². The van der Waals surface area contributed by atoms with Gasteiger partial charge < -0.3 is 9.30 Å². The van der Waals surface area contributed by atoms with Gasteiger partial charge in [-0.3, -0.25) is 0 Å². The number of benzene rings is 2. The van der Waals surface area contributed by atoms with E-state index in [0.717, 1.165) is 4.57 Å². The second-order valence-corrected chi connectivity index (χ2v) is 5.20. The first-order valence-electron chi connectivity index (χ1n) is 7.10. The summed E-state index contributed by atoms with van der Waals surface area (Å²) in [4.78, 5) is 15.3. The molecule has 0 amide bonds. The van der Waals surface area contributed by atoms with Crippen molar-refractivity contribution in [3.05, 3.63) is 65.5 Å². The third kappa shape index (κ3) is 2.97. The molecule has 0 aliphatic rings. The van der Waals surface area contributed by atoms with Gasteiger partial charge in [-0.2, -0.15) is 13.2 Å². The number of imidazole rings is 1. The lowest BCUT2D eigenvalue weighted by atomic mass is 10.1. The fourth-order valence-electron chi connectivity index (χ4n) is 2.55. The summed E-state index contributed by atoms with van der Waals surface area (Å²) < 4.78 is 45.6. The number of para-hydroxylation sites is 2. The first kappa shape index (κ1) is 16.0. The highest BCUT2D eigenvalue weighted by Gasteiger charge is 2.37. The number of fused-ring (bicyclic) bond motifs is 1. The van der Waals surface area contributed by atoms with Crippen LogP contribution < -0.4 is 0 Å². The molecule has 0 fully saturated rings. The van der Waals surface area contributed by atoms with Crippen LogP contribution in [-0.4, -0.2) is 22.6 Å². The molecule has 24 heavy (non-hydrogen) atoms. The highest BCUT2D eigenvalue weighted by Crippen LogP contribution is 2.32. The third-order valence-corrected chi connectivity index (χ3v) is 3.60. The van der Waals surface area contributed by atoms with Gasteiger partial charge in [0.2, 0.25) is 5.82 Å². The molecule has 1 aromatic heterocycles. The smallest absolute Gasteiger partial charge is 0.449 e. The molecule has 0 saturated heterocycles. The number of methoxy groups -OCH3 is 1. The molecule has 0 radical (unpaired) electrons. The van der Waals surface area contributed by atoms with Crippen molar-refractivity contribution in [2.45, 2.75) is 12.7 Å². The van der Waals surface area contributed by atoms with Crippen LogP contribution in [0, 0.1) is 0 Å². The van der Waals surface area contributed by atoms with Gasteiger partial charge in [-0.25, -0.2) is 9.78 Å². The Labute approximate surface area is 135 Å². The maximum absolute atomic E-state index is 13.3. The summed E-state index contributed by atoms with van der Waals surface area (Å²) in [5.74, 6) is -1.50. The van der Waals surface area contributed by atoms with Crippen molar-refractivity contribution in [1.29, 1.82) is 0 Å². The van der Waals surface area contributed by atoms with Crippen LogP contribution in [0.3, 0.4) is 0 Å². The average Bonchev–Trinajstić information content (AvgIpc) is 2.93. The Bertz CT molecular complexity index is 900. The lowest BCUT2D eigenvalue weighted by molar-refractivity contribution is -0.146. The zero-order valence-corrected chi connectivity index (χ0v) is 12.7. The van der Waals surface area contributed by atoms with Gasteiger partial charge in [-0.1, -0.05) is 24.3 Å². The van der Waals surface area contributed by atoms with Crippen molar-refractivity contribution in [2.24, 2.45) is 0 Å². The Kier molecular flexibility index (Phi) is 4.01. The summed E-state index contributed by atoms with van der Waals surface area (Å²) in [6, 6.07) is 12.7. The number of halogens is 3. The fourth-order valence-corrected chi connectivity index (χ4v) is 2.55. The van der Waals surface area contributed by atoms with Gasteiger partial charge in [0.1, 0.15) is 0 Å². The first-order chi connectivity index (χ1) is 11.4. The van der Waals surface area contributed by atoms with Gasteiger partial charge in [0.25, 0.3) is 0 Å². The van der Waals surface area contributed by atoms with Crippen LogP contribution in [0.5, 0.6) is 0 Å². The molecule has 1 heterocycles. The third-order valence-electron chi connectivity index (χ3n) is 3.60. The summed E-state index contributed by atoms with van der Waals surface area (Å²) in [6.07, 6.45) is -4.57. The van der Waals surface area contributed by atoms with Crippen molar-refractivity contribution in [2.75, 3.05) is 7.11 Å². The predicted molar refractivity (Wildman–Crippen MR) is 81.6 cm³/mol. The van der Waals surface area contributed by atoms with Crippen molar-refractivity contribution >= 4 is 17.0 Å². The minimum Gasteiger partial charge on any atom is -0.465 e. The van der Waals surface area contributed by atoms with E-state index in [-0.39, 0.29) is 17.6 Å². The Morgan fingerprint density at radius 1 is 1.17 bits per heavy atom. The van der Waals surface area contributed by atoms with Crippen molar-refractivity contribution in [1.82, 2.24) is 9.55 Å². The fraction of sp³-hybridized carbons (Fsp3) is 0.176. The molecule has 0 saturated carbocycles. The lowest BCUT2D eigenvalue weighted by Gasteiger charge is -2.12. The van der Waals surface area contributed by atoms with E-state index in [1.54, 1.807) is 36.4 Å².